The van der Waals surface area contributed by atoms with Crippen molar-refractivity contribution in [1.29, 1.82) is 0 Å². The SMILES string of the molecule is C=CCOc1ccc(-c2nn(-c3ccccc3)cc2/C=C2/SC(=S)N(C3CCS(=O)(=O)C3)C2=O)cc1C. The Morgan fingerprint density at radius 2 is 2.03 bits per heavy atom. The number of benzene rings is 2. The molecule has 3 heterocycles. The molecule has 5 rings (SSSR count). The van der Waals surface area contributed by atoms with Crippen LogP contribution in [-0.2, 0) is 14.6 Å². The van der Waals surface area contributed by atoms with Crippen molar-refractivity contribution in [2.24, 2.45) is 0 Å². The summed E-state index contributed by atoms with van der Waals surface area (Å²) in [5.74, 6) is 0.525. The molecule has 2 saturated heterocycles. The van der Waals surface area contributed by atoms with Crippen molar-refractivity contribution in [1.82, 2.24) is 14.7 Å². The van der Waals surface area contributed by atoms with Crippen LogP contribution in [0.5, 0.6) is 5.75 Å². The fourth-order valence-corrected chi connectivity index (χ4v) is 7.54. The summed E-state index contributed by atoms with van der Waals surface area (Å²) in [5, 5.41) is 4.85. The van der Waals surface area contributed by atoms with E-state index in [4.69, 9.17) is 22.1 Å². The highest BCUT2D eigenvalue weighted by Crippen LogP contribution is 2.38. The predicted molar refractivity (Wildman–Crippen MR) is 151 cm³/mol. The Kier molecular flexibility index (Phi) is 7.06. The largest absolute Gasteiger partial charge is 0.489 e. The van der Waals surface area contributed by atoms with Crippen LogP contribution in [0.1, 0.15) is 17.5 Å². The van der Waals surface area contributed by atoms with Crippen LogP contribution in [0.4, 0.5) is 0 Å². The summed E-state index contributed by atoms with van der Waals surface area (Å²) in [6.07, 6.45) is 5.78. The van der Waals surface area contributed by atoms with Crippen LogP contribution in [0, 0.1) is 6.92 Å². The Hall–Kier alpha value is -3.21. The van der Waals surface area contributed by atoms with Gasteiger partial charge >= 0.3 is 0 Å². The second-order valence-corrected chi connectivity index (χ2v) is 12.8. The van der Waals surface area contributed by atoms with E-state index >= 15 is 0 Å². The van der Waals surface area contributed by atoms with Gasteiger partial charge in [-0.1, -0.05) is 54.8 Å². The topological polar surface area (TPSA) is 81.5 Å². The van der Waals surface area contributed by atoms with Gasteiger partial charge in [-0.15, -0.1) is 0 Å². The van der Waals surface area contributed by atoms with Crippen LogP contribution in [0.15, 0.2) is 72.3 Å². The van der Waals surface area contributed by atoms with Gasteiger partial charge in [0.15, 0.2) is 9.84 Å². The van der Waals surface area contributed by atoms with Crippen molar-refractivity contribution < 1.29 is 17.9 Å². The number of para-hydroxylation sites is 1. The average molecular weight is 552 g/mol. The number of nitrogens with zero attached hydrogens (tertiary/aromatic N) is 3. The van der Waals surface area contributed by atoms with Crippen LogP contribution >= 0.6 is 24.0 Å². The second-order valence-electron chi connectivity index (χ2n) is 8.90. The van der Waals surface area contributed by atoms with Gasteiger partial charge in [-0.3, -0.25) is 9.69 Å². The van der Waals surface area contributed by atoms with Gasteiger partial charge in [-0.25, -0.2) is 13.1 Å². The third-order valence-corrected chi connectivity index (χ3v) is 9.33. The molecular weight excluding hydrogens is 527 g/mol. The van der Waals surface area contributed by atoms with Crippen molar-refractivity contribution in [2.75, 3.05) is 18.1 Å². The Labute approximate surface area is 225 Å². The zero-order chi connectivity index (χ0) is 26.2. The summed E-state index contributed by atoms with van der Waals surface area (Å²) >= 11 is 6.68. The van der Waals surface area contributed by atoms with Crippen molar-refractivity contribution in [2.45, 2.75) is 19.4 Å². The maximum Gasteiger partial charge on any atom is 0.266 e. The van der Waals surface area contributed by atoms with E-state index in [1.165, 1.54) is 16.7 Å². The van der Waals surface area contributed by atoms with Crippen LogP contribution in [0.2, 0.25) is 0 Å². The fraction of sp³-hybridized carbons (Fsp3) is 0.222. The minimum Gasteiger partial charge on any atom is -0.489 e. The van der Waals surface area contributed by atoms with Crippen molar-refractivity contribution in [3.63, 3.8) is 0 Å². The summed E-state index contributed by atoms with van der Waals surface area (Å²) in [6.45, 7) is 6.08. The zero-order valence-electron chi connectivity index (χ0n) is 20.2. The smallest absolute Gasteiger partial charge is 0.266 e. The summed E-state index contributed by atoms with van der Waals surface area (Å²) in [4.78, 5) is 15.3. The molecule has 0 saturated carbocycles. The number of amides is 1. The maximum atomic E-state index is 13.3. The lowest BCUT2D eigenvalue weighted by Crippen LogP contribution is -2.39. The van der Waals surface area contributed by atoms with Crippen molar-refractivity contribution >= 4 is 50.1 Å². The molecular formula is C27H25N3O4S3. The first-order valence-corrected chi connectivity index (χ1v) is 14.8. The van der Waals surface area contributed by atoms with Crippen molar-refractivity contribution in [3.8, 4) is 22.7 Å². The summed E-state index contributed by atoms with van der Waals surface area (Å²) in [7, 11) is -3.15. The molecule has 0 N–H and O–H groups in total. The first-order valence-electron chi connectivity index (χ1n) is 11.7. The lowest BCUT2D eigenvalue weighted by Gasteiger charge is -2.20. The first-order chi connectivity index (χ1) is 17.8. The normalized spacial score (nSPS) is 20.1. The number of carbonyl (C=O) groups is 1. The number of aryl methyl sites for hydroxylation is 1. The van der Waals surface area contributed by atoms with E-state index in [9.17, 15) is 13.2 Å². The Balaban J connectivity index is 1.54. The van der Waals surface area contributed by atoms with E-state index < -0.39 is 15.9 Å². The Morgan fingerprint density at radius 1 is 1.24 bits per heavy atom. The fourth-order valence-electron chi connectivity index (χ4n) is 4.45. The van der Waals surface area contributed by atoms with E-state index in [0.717, 1.165) is 28.1 Å². The van der Waals surface area contributed by atoms with E-state index in [1.54, 1.807) is 16.8 Å². The standard InChI is InChI=1S/C27H25N3O4S3/c1-3-12-34-23-10-9-19(14-18(23)2)25-20(16-29(28-25)21-7-5-4-6-8-21)15-24-26(31)30(27(35)36-24)22-11-13-37(32,33)17-22/h3-10,14-16,22H,1,11-13,17H2,2H3/b24-15+. The highest BCUT2D eigenvalue weighted by Gasteiger charge is 2.42. The third-order valence-electron chi connectivity index (χ3n) is 6.25. The number of hydrogen-bond acceptors (Lipinski definition) is 7. The molecule has 10 heteroatoms. The molecule has 1 atom stereocenters. The van der Waals surface area contributed by atoms with E-state index in [1.807, 2.05) is 61.7 Å². The highest BCUT2D eigenvalue weighted by atomic mass is 32.2. The minimum atomic E-state index is -3.15. The van der Waals surface area contributed by atoms with Crippen LogP contribution in [-0.4, -0.2) is 57.5 Å². The molecule has 1 aromatic heterocycles. The predicted octanol–water partition coefficient (Wildman–Crippen LogP) is 4.80. The molecule has 2 fully saturated rings. The van der Waals surface area contributed by atoms with E-state index in [0.29, 0.717) is 27.9 Å². The summed E-state index contributed by atoms with van der Waals surface area (Å²) in [5.41, 5.74) is 4.17. The van der Waals surface area contributed by atoms with Crippen LogP contribution in [0.25, 0.3) is 23.0 Å². The monoisotopic (exact) mass is 551 g/mol. The molecule has 0 bridgehead atoms. The van der Waals surface area contributed by atoms with E-state index in [2.05, 4.69) is 6.58 Å². The maximum absolute atomic E-state index is 13.3. The van der Waals surface area contributed by atoms with E-state index in [-0.39, 0.29) is 17.4 Å². The number of rotatable bonds is 7. The quantitative estimate of drug-likeness (QED) is 0.237. The van der Waals surface area contributed by atoms with Crippen molar-refractivity contribution in [3.05, 3.63) is 83.4 Å². The Bertz CT molecular complexity index is 1530. The summed E-state index contributed by atoms with van der Waals surface area (Å²) in [6, 6.07) is 15.2. The van der Waals surface area contributed by atoms with Crippen LogP contribution < -0.4 is 4.74 Å². The van der Waals surface area contributed by atoms with Crippen LogP contribution in [0.3, 0.4) is 0 Å². The molecule has 37 heavy (non-hydrogen) atoms. The Morgan fingerprint density at radius 3 is 2.70 bits per heavy atom. The molecule has 190 valence electrons. The number of carbonyl (C=O) groups excluding carboxylic acids is 1. The number of thioether (sulfide) groups is 1. The molecule has 1 amide bonds. The molecule has 0 spiro atoms. The molecule has 2 aromatic carbocycles. The molecule has 2 aliphatic rings. The number of ether oxygens (including phenoxy) is 1. The molecule has 7 nitrogen and oxygen atoms in total. The molecule has 3 aromatic rings. The van der Waals surface area contributed by atoms with Gasteiger partial charge in [0.05, 0.1) is 28.1 Å². The number of sulfone groups is 1. The number of aromatic nitrogens is 2. The lowest BCUT2D eigenvalue weighted by atomic mass is 10.0. The molecule has 0 aliphatic carbocycles. The summed E-state index contributed by atoms with van der Waals surface area (Å²) < 4.78 is 31.9. The lowest BCUT2D eigenvalue weighted by molar-refractivity contribution is -0.123. The average Bonchev–Trinajstić information content (AvgIpc) is 3.54. The van der Waals surface area contributed by atoms with Gasteiger partial charge in [0.2, 0.25) is 0 Å². The second kappa shape index (κ2) is 10.3. The van der Waals surface area contributed by atoms with Gasteiger partial charge in [0, 0.05) is 17.3 Å². The minimum absolute atomic E-state index is 0.0521. The zero-order valence-corrected chi connectivity index (χ0v) is 22.6. The van der Waals surface area contributed by atoms with Gasteiger partial charge in [-0.2, -0.15) is 5.10 Å². The molecule has 1 unspecified atom stereocenters. The van der Waals surface area contributed by atoms with Gasteiger partial charge < -0.3 is 4.74 Å². The first kappa shape index (κ1) is 25.4. The highest BCUT2D eigenvalue weighted by molar-refractivity contribution is 8.26. The molecule has 2 aliphatic heterocycles. The van der Waals surface area contributed by atoms with Gasteiger partial charge in [0.25, 0.3) is 5.91 Å². The number of thiocarbonyl (C=S) groups is 1. The third kappa shape index (κ3) is 5.27. The van der Waals surface area contributed by atoms with Gasteiger partial charge in [0.1, 0.15) is 22.4 Å². The molecule has 0 radical (unpaired) electrons. The number of hydrogen-bond donors (Lipinski definition) is 0. The van der Waals surface area contributed by atoms with Gasteiger partial charge in [-0.05, 0) is 55.3 Å².